The molecule has 0 aliphatic rings. The Kier molecular flexibility index (Phi) is 10.7. The summed E-state index contributed by atoms with van der Waals surface area (Å²) in [6.45, 7) is 1.94. The van der Waals surface area contributed by atoms with Crippen molar-refractivity contribution in [2.75, 3.05) is 7.05 Å². The fourth-order valence-electron chi connectivity index (χ4n) is 0.625. The quantitative estimate of drug-likeness (QED) is 0.715. The zero-order chi connectivity index (χ0) is 10.8. The lowest BCUT2D eigenvalue weighted by atomic mass is 10.3. The van der Waals surface area contributed by atoms with Crippen molar-refractivity contribution in [1.82, 2.24) is 10.3 Å². The number of rotatable bonds is 1. The zero-order valence-electron chi connectivity index (χ0n) is 8.45. The van der Waals surface area contributed by atoms with Crippen LogP contribution < -0.4 is 5.32 Å². The van der Waals surface area contributed by atoms with Crippen molar-refractivity contribution in [3.8, 4) is 12.3 Å². The minimum absolute atomic E-state index is 0. The standard InChI is InChI=1S/C7H8N2O.C4H6.CH4/c1-8-7(10)6-4-2-3-5-9-6;1-3-4-2;/h2-5H,1H3,(H,8,10);1H,4H2,2H3;1H4. The first-order chi connectivity index (χ1) is 6.76. The predicted molar refractivity (Wildman–Crippen MR) is 63.5 cm³/mol. The molecule has 3 nitrogen and oxygen atoms in total. The highest BCUT2D eigenvalue weighted by Crippen LogP contribution is 1.90. The highest BCUT2D eigenvalue weighted by atomic mass is 16.1. The predicted octanol–water partition coefficient (Wildman–Crippen LogP) is 2.11. The Balaban J connectivity index is 0. The Morgan fingerprint density at radius 3 is 2.53 bits per heavy atom. The van der Waals surface area contributed by atoms with Crippen LogP contribution in [-0.2, 0) is 0 Å². The van der Waals surface area contributed by atoms with Gasteiger partial charge >= 0.3 is 0 Å². The van der Waals surface area contributed by atoms with E-state index in [4.69, 9.17) is 6.42 Å². The van der Waals surface area contributed by atoms with Crippen molar-refractivity contribution in [2.45, 2.75) is 20.8 Å². The Labute approximate surface area is 91.9 Å². The summed E-state index contributed by atoms with van der Waals surface area (Å²) in [5.74, 6) is 2.28. The van der Waals surface area contributed by atoms with Crippen LogP contribution in [0.3, 0.4) is 0 Å². The molecule has 0 aromatic carbocycles. The molecule has 0 unspecified atom stereocenters. The lowest BCUT2D eigenvalue weighted by Gasteiger charge is -1.94. The van der Waals surface area contributed by atoms with Gasteiger partial charge in [0, 0.05) is 19.7 Å². The summed E-state index contributed by atoms with van der Waals surface area (Å²) in [6.07, 6.45) is 7.21. The van der Waals surface area contributed by atoms with Crippen LogP contribution in [0, 0.1) is 12.3 Å². The van der Waals surface area contributed by atoms with E-state index in [2.05, 4.69) is 16.2 Å². The first-order valence-electron chi connectivity index (χ1n) is 4.32. The van der Waals surface area contributed by atoms with E-state index in [1.165, 1.54) is 0 Å². The summed E-state index contributed by atoms with van der Waals surface area (Å²) in [7, 11) is 1.58. The molecule has 0 saturated heterocycles. The van der Waals surface area contributed by atoms with Crippen LogP contribution in [0.1, 0.15) is 31.3 Å². The molecule has 1 aromatic rings. The van der Waals surface area contributed by atoms with E-state index >= 15 is 0 Å². The second kappa shape index (κ2) is 10.3. The van der Waals surface area contributed by atoms with E-state index in [0.717, 1.165) is 6.42 Å². The molecule has 82 valence electrons. The van der Waals surface area contributed by atoms with E-state index in [-0.39, 0.29) is 13.3 Å². The number of carbonyl (C=O) groups is 1. The molecule has 0 bridgehead atoms. The van der Waals surface area contributed by atoms with E-state index in [9.17, 15) is 4.79 Å². The van der Waals surface area contributed by atoms with Gasteiger partial charge < -0.3 is 5.32 Å². The molecule has 0 aliphatic carbocycles. The van der Waals surface area contributed by atoms with Gasteiger partial charge in [0.15, 0.2) is 0 Å². The van der Waals surface area contributed by atoms with Crippen LogP contribution in [0.2, 0.25) is 0 Å². The smallest absolute Gasteiger partial charge is 0.269 e. The fourth-order valence-corrected chi connectivity index (χ4v) is 0.625. The van der Waals surface area contributed by atoms with E-state index < -0.39 is 0 Å². The van der Waals surface area contributed by atoms with Gasteiger partial charge in [-0.3, -0.25) is 9.78 Å². The highest BCUT2D eigenvalue weighted by molar-refractivity contribution is 5.91. The van der Waals surface area contributed by atoms with Gasteiger partial charge in [-0.1, -0.05) is 20.4 Å². The normalized spacial score (nSPS) is 7.27. The molecule has 0 saturated carbocycles. The van der Waals surface area contributed by atoms with Crippen LogP contribution in [0.15, 0.2) is 24.4 Å². The summed E-state index contributed by atoms with van der Waals surface area (Å²) in [6, 6.07) is 5.21. The molecule has 0 aliphatic heterocycles. The molecular formula is C12H18N2O. The Hall–Kier alpha value is -1.82. The Morgan fingerprint density at radius 2 is 2.20 bits per heavy atom. The SMILES string of the molecule is C.C#CCC.CNC(=O)c1ccccn1. The van der Waals surface area contributed by atoms with Gasteiger partial charge in [-0.15, -0.1) is 12.3 Å². The van der Waals surface area contributed by atoms with Gasteiger partial charge in [0.25, 0.3) is 5.91 Å². The van der Waals surface area contributed by atoms with Gasteiger partial charge in [0.1, 0.15) is 5.69 Å². The van der Waals surface area contributed by atoms with Gasteiger partial charge in [0.05, 0.1) is 0 Å². The maximum atomic E-state index is 10.8. The Bertz CT molecular complexity index is 301. The Morgan fingerprint density at radius 1 is 1.60 bits per heavy atom. The average Bonchev–Trinajstić information content (AvgIpc) is 2.29. The third kappa shape index (κ3) is 7.27. The molecule has 0 spiro atoms. The lowest BCUT2D eigenvalue weighted by molar-refractivity contribution is 0.0958. The van der Waals surface area contributed by atoms with Crippen LogP contribution in [0.25, 0.3) is 0 Å². The maximum Gasteiger partial charge on any atom is 0.269 e. The second-order valence-electron chi connectivity index (χ2n) is 2.35. The number of carbonyl (C=O) groups excluding carboxylic acids is 1. The topological polar surface area (TPSA) is 42.0 Å². The number of terminal acetylenes is 1. The fraction of sp³-hybridized carbons (Fsp3) is 0.333. The summed E-state index contributed by atoms with van der Waals surface area (Å²) in [4.78, 5) is 14.7. The number of hydrogen-bond acceptors (Lipinski definition) is 2. The molecule has 0 atom stereocenters. The first-order valence-corrected chi connectivity index (χ1v) is 4.32. The molecule has 1 N–H and O–H groups in total. The van der Waals surface area contributed by atoms with Gasteiger partial charge in [-0.25, -0.2) is 0 Å². The highest BCUT2D eigenvalue weighted by Gasteiger charge is 1.99. The molecule has 1 aromatic heterocycles. The van der Waals surface area contributed by atoms with Crippen LogP contribution >= 0.6 is 0 Å². The maximum absolute atomic E-state index is 10.8. The minimum atomic E-state index is -0.152. The van der Waals surface area contributed by atoms with E-state index in [1.807, 2.05) is 6.92 Å². The second-order valence-corrected chi connectivity index (χ2v) is 2.35. The number of nitrogens with one attached hydrogen (secondary N) is 1. The monoisotopic (exact) mass is 206 g/mol. The summed E-state index contributed by atoms with van der Waals surface area (Å²) >= 11 is 0. The molecule has 0 fully saturated rings. The summed E-state index contributed by atoms with van der Waals surface area (Å²) in [5.41, 5.74) is 0.449. The molecule has 0 radical (unpaired) electrons. The number of aromatic nitrogens is 1. The zero-order valence-corrected chi connectivity index (χ0v) is 8.45. The van der Waals surface area contributed by atoms with Crippen LogP contribution in [0.5, 0.6) is 0 Å². The minimum Gasteiger partial charge on any atom is -0.354 e. The third-order valence-electron chi connectivity index (χ3n) is 1.33. The average molecular weight is 206 g/mol. The molecule has 1 heterocycles. The molecular weight excluding hydrogens is 188 g/mol. The number of amides is 1. The summed E-state index contributed by atoms with van der Waals surface area (Å²) < 4.78 is 0. The van der Waals surface area contributed by atoms with Crippen molar-refractivity contribution in [2.24, 2.45) is 0 Å². The molecule has 3 heteroatoms. The lowest BCUT2D eigenvalue weighted by Crippen LogP contribution is -2.18. The third-order valence-corrected chi connectivity index (χ3v) is 1.33. The largest absolute Gasteiger partial charge is 0.354 e. The van der Waals surface area contributed by atoms with E-state index in [0.29, 0.717) is 5.69 Å². The van der Waals surface area contributed by atoms with Crippen LogP contribution in [0.4, 0.5) is 0 Å². The van der Waals surface area contributed by atoms with Crippen molar-refractivity contribution in [3.05, 3.63) is 30.1 Å². The molecule has 1 amide bonds. The van der Waals surface area contributed by atoms with Gasteiger partial charge in [-0.2, -0.15) is 0 Å². The van der Waals surface area contributed by atoms with Gasteiger partial charge in [0.2, 0.25) is 0 Å². The molecule has 1 rings (SSSR count). The first kappa shape index (κ1) is 15.6. The van der Waals surface area contributed by atoms with E-state index in [1.54, 1.807) is 31.4 Å². The number of hydrogen-bond donors (Lipinski definition) is 1. The van der Waals surface area contributed by atoms with Crippen molar-refractivity contribution in [1.29, 1.82) is 0 Å². The van der Waals surface area contributed by atoms with Crippen LogP contribution in [-0.4, -0.2) is 17.9 Å². The summed E-state index contributed by atoms with van der Waals surface area (Å²) in [5, 5.41) is 2.48. The van der Waals surface area contributed by atoms with Crippen molar-refractivity contribution in [3.63, 3.8) is 0 Å². The number of pyridine rings is 1. The molecule has 15 heavy (non-hydrogen) atoms. The van der Waals surface area contributed by atoms with Crippen molar-refractivity contribution >= 4 is 5.91 Å². The number of nitrogens with zero attached hydrogens (tertiary/aromatic N) is 1. The van der Waals surface area contributed by atoms with Crippen molar-refractivity contribution < 1.29 is 4.79 Å². The van der Waals surface area contributed by atoms with Gasteiger partial charge in [-0.05, 0) is 12.1 Å².